The summed E-state index contributed by atoms with van der Waals surface area (Å²) in [4.78, 5) is 15.1. The van der Waals surface area contributed by atoms with Crippen molar-refractivity contribution in [3.8, 4) is 0 Å². The number of rotatable bonds is 2. The number of carbonyl (C=O) groups is 1. The zero-order chi connectivity index (χ0) is 10.6. The van der Waals surface area contributed by atoms with E-state index in [2.05, 4.69) is 32.6 Å². The molecule has 0 aliphatic rings. The van der Waals surface area contributed by atoms with Crippen LogP contribution in [0.4, 0.5) is 0 Å². The highest BCUT2D eigenvalue weighted by Crippen LogP contribution is 2.12. The SMILES string of the molecule is CC(=O)O/N=C(\C)c1ccccc1I. The highest BCUT2D eigenvalue weighted by molar-refractivity contribution is 14.1. The van der Waals surface area contributed by atoms with Gasteiger partial charge in [-0.1, -0.05) is 23.4 Å². The summed E-state index contributed by atoms with van der Waals surface area (Å²) in [6.07, 6.45) is 0. The molecular formula is C10H10INO2. The van der Waals surface area contributed by atoms with E-state index in [1.165, 1.54) is 6.92 Å². The fourth-order valence-electron chi connectivity index (χ4n) is 0.937. The molecule has 3 nitrogen and oxygen atoms in total. The third-order valence-corrected chi connectivity index (χ3v) is 2.52. The predicted molar refractivity (Wildman–Crippen MR) is 63.1 cm³/mol. The Morgan fingerprint density at radius 3 is 2.57 bits per heavy atom. The van der Waals surface area contributed by atoms with Gasteiger partial charge in [0.25, 0.3) is 0 Å². The van der Waals surface area contributed by atoms with E-state index in [-0.39, 0.29) is 0 Å². The minimum absolute atomic E-state index is 0.407. The molecule has 0 spiro atoms. The molecule has 1 aromatic rings. The average molecular weight is 303 g/mol. The van der Waals surface area contributed by atoms with Crippen LogP contribution in [0.15, 0.2) is 29.4 Å². The second kappa shape index (κ2) is 5.09. The Labute approximate surface area is 96.3 Å². The second-order valence-corrected chi connectivity index (χ2v) is 3.90. The van der Waals surface area contributed by atoms with Gasteiger partial charge in [-0.15, -0.1) is 0 Å². The van der Waals surface area contributed by atoms with Crippen molar-refractivity contribution in [3.05, 3.63) is 33.4 Å². The Balaban J connectivity index is 2.89. The minimum atomic E-state index is -0.407. The molecule has 4 heteroatoms. The quantitative estimate of drug-likeness (QED) is 0.364. The van der Waals surface area contributed by atoms with Crippen molar-refractivity contribution < 1.29 is 9.63 Å². The van der Waals surface area contributed by atoms with Crippen molar-refractivity contribution in [1.82, 2.24) is 0 Å². The topological polar surface area (TPSA) is 38.7 Å². The zero-order valence-corrected chi connectivity index (χ0v) is 10.1. The second-order valence-electron chi connectivity index (χ2n) is 2.74. The minimum Gasteiger partial charge on any atom is -0.318 e. The standard InChI is InChI=1S/C10H10INO2/c1-7(12-14-8(2)13)9-5-3-4-6-10(9)11/h3-6H,1-2H3/b12-7+. The summed E-state index contributed by atoms with van der Waals surface area (Å²) in [5.74, 6) is -0.407. The summed E-state index contributed by atoms with van der Waals surface area (Å²) < 4.78 is 1.08. The normalized spacial score (nSPS) is 11.2. The third kappa shape index (κ3) is 3.10. The Bertz CT molecular complexity index is 374. The van der Waals surface area contributed by atoms with Crippen molar-refractivity contribution in [3.63, 3.8) is 0 Å². The lowest BCUT2D eigenvalue weighted by atomic mass is 10.1. The smallest absolute Gasteiger partial charge is 0.318 e. The first-order valence-electron chi connectivity index (χ1n) is 4.08. The number of oxime groups is 1. The van der Waals surface area contributed by atoms with Gasteiger partial charge in [-0.25, -0.2) is 4.79 Å². The van der Waals surface area contributed by atoms with Crippen LogP contribution in [0.1, 0.15) is 19.4 Å². The maximum atomic E-state index is 10.5. The van der Waals surface area contributed by atoms with Gasteiger partial charge in [0, 0.05) is 16.1 Å². The van der Waals surface area contributed by atoms with E-state index in [0.717, 1.165) is 9.13 Å². The van der Waals surface area contributed by atoms with Gasteiger partial charge >= 0.3 is 5.97 Å². The number of halogens is 1. The number of hydrogen-bond acceptors (Lipinski definition) is 3. The molecule has 1 rings (SSSR count). The monoisotopic (exact) mass is 303 g/mol. The molecule has 0 aliphatic carbocycles. The van der Waals surface area contributed by atoms with Gasteiger partial charge in [0.1, 0.15) is 0 Å². The number of carbonyl (C=O) groups excluding carboxylic acids is 1. The molecule has 0 bridgehead atoms. The van der Waals surface area contributed by atoms with Gasteiger partial charge in [0.15, 0.2) is 0 Å². The zero-order valence-electron chi connectivity index (χ0n) is 7.95. The van der Waals surface area contributed by atoms with Gasteiger partial charge in [0.05, 0.1) is 5.71 Å². The van der Waals surface area contributed by atoms with Gasteiger partial charge in [-0.2, -0.15) is 0 Å². The maximum Gasteiger partial charge on any atom is 0.331 e. The summed E-state index contributed by atoms with van der Waals surface area (Å²) in [5.41, 5.74) is 1.68. The first-order chi connectivity index (χ1) is 6.61. The van der Waals surface area contributed by atoms with Crippen LogP contribution >= 0.6 is 22.6 Å². The summed E-state index contributed by atoms with van der Waals surface area (Å²) in [5, 5.41) is 3.72. The van der Waals surface area contributed by atoms with Crippen molar-refractivity contribution >= 4 is 34.3 Å². The van der Waals surface area contributed by atoms with Crippen molar-refractivity contribution in [2.45, 2.75) is 13.8 Å². The molecule has 0 saturated heterocycles. The van der Waals surface area contributed by atoms with Gasteiger partial charge in [0.2, 0.25) is 0 Å². The van der Waals surface area contributed by atoms with E-state index in [1.807, 2.05) is 24.3 Å². The summed E-state index contributed by atoms with van der Waals surface area (Å²) >= 11 is 2.21. The van der Waals surface area contributed by atoms with E-state index in [9.17, 15) is 4.79 Å². The predicted octanol–water partition coefficient (Wildman–Crippen LogP) is 2.58. The van der Waals surface area contributed by atoms with E-state index < -0.39 is 5.97 Å². The molecule has 1 aromatic carbocycles. The van der Waals surface area contributed by atoms with Crippen LogP contribution in [0.3, 0.4) is 0 Å². The molecule has 0 aliphatic heterocycles. The first kappa shape index (κ1) is 11.2. The Morgan fingerprint density at radius 2 is 2.00 bits per heavy atom. The molecule has 0 saturated carbocycles. The van der Waals surface area contributed by atoms with Crippen molar-refractivity contribution in [1.29, 1.82) is 0 Å². The molecule has 0 aromatic heterocycles. The molecule has 14 heavy (non-hydrogen) atoms. The summed E-state index contributed by atoms with van der Waals surface area (Å²) in [6.45, 7) is 3.13. The molecule has 0 heterocycles. The molecule has 0 fully saturated rings. The first-order valence-corrected chi connectivity index (χ1v) is 5.16. The fourth-order valence-corrected chi connectivity index (χ4v) is 1.71. The largest absolute Gasteiger partial charge is 0.331 e. The van der Waals surface area contributed by atoms with Crippen LogP contribution in [-0.2, 0) is 9.63 Å². The van der Waals surface area contributed by atoms with Gasteiger partial charge in [-0.3, -0.25) is 0 Å². The Morgan fingerprint density at radius 1 is 1.36 bits per heavy atom. The highest BCUT2D eigenvalue weighted by Gasteiger charge is 2.02. The summed E-state index contributed by atoms with van der Waals surface area (Å²) in [6, 6.07) is 7.78. The molecule has 0 atom stereocenters. The fraction of sp³-hybridized carbons (Fsp3) is 0.200. The van der Waals surface area contributed by atoms with E-state index >= 15 is 0 Å². The highest BCUT2D eigenvalue weighted by atomic mass is 127. The van der Waals surface area contributed by atoms with E-state index in [1.54, 1.807) is 6.92 Å². The Hall–Kier alpha value is -0.910. The van der Waals surface area contributed by atoms with Crippen LogP contribution in [0, 0.1) is 3.57 Å². The van der Waals surface area contributed by atoms with Crippen molar-refractivity contribution in [2.24, 2.45) is 5.16 Å². The van der Waals surface area contributed by atoms with Crippen LogP contribution < -0.4 is 0 Å². The van der Waals surface area contributed by atoms with Crippen LogP contribution in [0.5, 0.6) is 0 Å². The van der Waals surface area contributed by atoms with E-state index in [0.29, 0.717) is 5.71 Å². The lowest BCUT2D eigenvalue weighted by Crippen LogP contribution is -2.01. The van der Waals surface area contributed by atoms with E-state index in [4.69, 9.17) is 0 Å². The average Bonchev–Trinajstić information content (AvgIpc) is 2.15. The third-order valence-electron chi connectivity index (χ3n) is 1.57. The Kier molecular flexibility index (Phi) is 4.06. The number of nitrogens with zero attached hydrogens (tertiary/aromatic N) is 1. The number of hydrogen-bond donors (Lipinski definition) is 0. The van der Waals surface area contributed by atoms with Crippen molar-refractivity contribution in [2.75, 3.05) is 0 Å². The van der Waals surface area contributed by atoms with Gasteiger partial charge < -0.3 is 4.84 Å². The lowest BCUT2D eigenvalue weighted by Gasteiger charge is -2.01. The van der Waals surface area contributed by atoms with Gasteiger partial charge in [-0.05, 0) is 35.6 Å². The van der Waals surface area contributed by atoms with Crippen LogP contribution in [0.2, 0.25) is 0 Å². The number of benzene rings is 1. The molecule has 0 amide bonds. The van der Waals surface area contributed by atoms with Crippen LogP contribution in [-0.4, -0.2) is 11.7 Å². The molecule has 0 radical (unpaired) electrons. The molecule has 0 unspecified atom stereocenters. The van der Waals surface area contributed by atoms with Crippen LogP contribution in [0.25, 0.3) is 0 Å². The molecular weight excluding hydrogens is 293 g/mol. The summed E-state index contributed by atoms with van der Waals surface area (Å²) in [7, 11) is 0. The molecule has 0 N–H and O–H groups in total. The maximum absolute atomic E-state index is 10.5. The lowest BCUT2D eigenvalue weighted by molar-refractivity contribution is -0.140. The molecule has 74 valence electrons.